The van der Waals surface area contributed by atoms with Crippen LogP contribution in [0.1, 0.15) is 134 Å². The van der Waals surface area contributed by atoms with Gasteiger partial charge >= 0.3 is 5.97 Å². The number of methoxy groups -OCH3 is 2. The summed E-state index contributed by atoms with van der Waals surface area (Å²) < 4.78 is 70.4. The van der Waals surface area contributed by atoms with E-state index in [1.54, 1.807) is 34.1 Å². The quantitative estimate of drug-likeness (QED) is 0.0675. The standard InChI is InChI=1S/C56H94O15Si/c1-17-32(3)49-35(6)24-25-55(70-49)30-40(57)27-41(69-55)23-22-34(5)48(67-46-29-44(62-14)51(38(9)66-46)68-45-28-43(61-13)47(58)37(8)65-45)33(4)20-19-21-39-31-64-52-50(71-72(15,16)54(10,11)12)36(7)26-42(56(39,52)60)53(59)63-18-2/h19-22,26,32-33,35,37-38,40-52,57-58,60H,17-18,23-25,27-31H2,1-16H3/b20-19+,34-22+,39-21+/t32?,33-,35-,37-,38-,40-,41+,42-,43-,44-,45-,46-,47-,48-,49+,50+,51-,52+,55-,56+/m0/s1. The maximum atomic E-state index is 13.6. The highest BCUT2D eigenvalue weighted by Crippen LogP contribution is 2.49. The Morgan fingerprint density at radius 1 is 0.986 bits per heavy atom. The van der Waals surface area contributed by atoms with Crippen molar-refractivity contribution in [1.82, 2.24) is 0 Å². The number of hydrogen-bond donors (Lipinski definition) is 3. The third-order valence-electron chi connectivity index (χ3n) is 17.1. The number of aliphatic hydroxyl groups excluding tert-OH is 2. The fourth-order valence-electron chi connectivity index (χ4n) is 11.5. The number of carbonyl (C=O) groups excluding carboxylic acids is 1. The molecule has 0 radical (unpaired) electrons. The summed E-state index contributed by atoms with van der Waals surface area (Å²) in [6, 6.07) is 0. The van der Waals surface area contributed by atoms with Gasteiger partial charge in [-0.25, -0.2) is 0 Å². The lowest BCUT2D eigenvalue weighted by Gasteiger charge is -2.50. The largest absolute Gasteiger partial charge is 0.465 e. The van der Waals surface area contributed by atoms with Crippen molar-refractivity contribution in [2.24, 2.45) is 23.7 Å². The van der Waals surface area contributed by atoms with E-state index in [4.69, 9.17) is 51.8 Å². The van der Waals surface area contributed by atoms with Gasteiger partial charge in [0, 0.05) is 52.2 Å². The first-order valence-corrected chi connectivity index (χ1v) is 30.0. The number of hydrogen-bond acceptors (Lipinski definition) is 15. The highest BCUT2D eigenvalue weighted by Gasteiger charge is 2.61. The van der Waals surface area contributed by atoms with Gasteiger partial charge in [0.2, 0.25) is 0 Å². The van der Waals surface area contributed by atoms with Crippen molar-refractivity contribution in [1.29, 1.82) is 0 Å². The molecular weight excluding hydrogens is 941 g/mol. The molecule has 0 amide bonds. The van der Waals surface area contributed by atoms with Gasteiger partial charge in [0.1, 0.15) is 29.8 Å². The summed E-state index contributed by atoms with van der Waals surface area (Å²) in [5.74, 6) is -1.77. The molecular formula is C56H94O15Si. The van der Waals surface area contributed by atoms with Crippen LogP contribution in [0, 0.1) is 23.7 Å². The van der Waals surface area contributed by atoms with Crippen molar-refractivity contribution in [3.63, 3.8) is 0 Å². The Balaban J connectivity index is 1.26. The third kappa shape index (κ3) is 13.3. The molecule has 20 atom stereocenters. The zero-order valence-electron chi connectivity index (χ0n) is 46.6. The zero-order chi connectivity index (χ0) is 53.1. The Kier molecular flexibility index (Phi) is 20.3. The Morgan fingerprint density at radius 2 is 1.67 bits per heavy atom. The molecule has 6 aliphatic rings. The molecule has 5 aliphatic heterocycles. The second-order valence-electron chi connectivity index (χ2n) is 23.6. The molecule has 0 aromatic rings. The number of carbonyl (C=O) groups is 1. The molecule has 412 valence electrons. The van der Waals surface area contributed by atoms with Gasteiger partial charge in [-0.15, -0.1) is 0 Å². The highest BCUT2D eigenvalue weighted by atomic mass is 28.4. The molecule has 6 rings (SSSR count). The maximum absolute atomic E-state index is 13.6. The van der Waals surface area contributed by atoms with Gasteiger partial charge in [-0.3, -0.25) is 4.79 Å². The number of fused-ring (bicyclic) bond motifs is 1. The molecule has 0 saturated carbocycles. The van der Waals surface area contributed by atoms with E-state index in [9.17, 15) is 20.1 Å². The van der Waals surface area contributed by atoms with E-state index in [1.165, 1.54) is 0 Å². The Morgan fingerprint density at radius 3 is 2.32 bits per heavy atom. The molecule has 0 aromatic heterocycles. The summed E-state index contributed by atoms with van der Waals surface area (Å²) in [5.41, 5.74) is 0.641. The van der Waals surface area contributed by atoms with Crippen LogP contribution in [0.2, 0.25) is 18.1 Å². The molecule has 15 nitrogen and oxygen atoms in total. The maximum Gasteiger partial charge on any atom is 0.316 e. The number of allylic oxidation sites excluding steroid dienone is 2. The molecule has 1 aliphatic carbocycles. The van der Waals surface area contributed by atoms with Gasteiger partial charge in [0.05, 0.1) is 68.1 Å². The molecule has 72 heavy (non-hydrogen) atoms. The molecule has 0 bridgehead atoms. The number of esters is 1. The van der Waals surface area contributed by atoms with Crippen LogP contribution >= 0.6 is 0 Å². The van der Waals surface area contributed by atoms with Gasteiger partial charge in [0.25, 0.3) is 0 Å². The molecule has 1 unspecified atom stereocenters. The van der Waals surface area contributed by atoms with Crippen molar-refractivity contribution >= 4 is 14.3 Å². The van der Waals surface area contributed by atoms with E-state index < -0.39 is 105 Å². The molecule has 5 saturated heterocycles. The second-order valence-corrected chi connectivity index (χ2v) is 28.3. The summed E-state index contributed by atoms with van der Waals surface area (Å²) >= 11 is 0. The van der Waals surface area contributed by atoms with Crippen LogP contribution in [0.15, 0.2) is 47.1 Å². The Hall–Kier alpha value is -1.87. The molecule has 16 heteroatoms. The lowest BCUT2D eigenvalue weighted by molar-refractivity contribution is -0.340. The van der Waals surface area contributed by atoms with E-state index in [0.29, 0.717) is 49.5 Å². The topological polar surface area (TPSA) is 179 Å². The van der Waals surface area contributed by atoms with Crippen LogP contribution < -0.4 is 0 Å². The van der Waals surface area contributed by atoms with Gasteiger partial charge in [-0.2, -0.15) is 0 Å². The SMILES string of the molecule is CCOC(=O)[C@@H]1C=C(C)[C@@H](O[Si](C)(C)C(C)(C)C)[C@H]2OC/C(=C\C=C\[C@H](C)[C@H](O[C@H]3C[C@H](OC)[C@@H](O[C@H]4C[C@H](OC)[C@@H](O)[C@H](C)O4)[C@H](C)O3)/C(C)=C/C[C@@H]3C[C@H](O)C[C@@]4(CC[C@H](C)[C@@H](C(C)CC)O4)O3)[C@]21O. The molecule has 3 N–H and O–H groups in total. The smallest absolute Gasteiger partial charge is 0.316 e. The monoisotopic (exact) mass is 1030 g/mol. The van der Waals surface area contributed by atoms with Crippen molar-refractivity contribution in [3.05, 3.63) is 47.1 Å². The summed E-state index contributed by atoms with van der Waals surface area (Å²) in [7, 11) is 0.882. The zero-order valence-corrected chi connectivity index (χ0v) is 47.6. The van der Waals surface area contributed by atoms with Gasteiger partial charge in [-0.1, -0.05) is 85.3 Å². The summed E-state index contributed by atoms with van der Waals surface area (Å²) in [5, 5.41) is 34.6. The summed E-state index contributed by atoms with van der Waals surface area (Å²) in [6.07, 6.45) is 7.76. The fraction of sp³-hybridized carbons (Fsp3) is 0.839. The minimum atomic E-state index is -2.34. The Labute approximate surface area is 432 Å². The summed E-state index contributed by atoms with van der Waals surface area (Å²) in [6.45, 7) is 29.4. The van der Waals surface area contributed by atoms with Crippen LogP contribution in [0.5, 0.6) is 0 Å². The van der Waals surface area contributed by atoms with Crippen LogP contribution in [-0.2, 0) is 56.6 Å². The molecule has 0 aromatic carbocycles. The van der Waals surface area contributed by atoms with Crippen molar-refractivity contribution in [2.75, 3.05) is 27.4 Å². The average Bonchev–Trinajstić information content (AvgIpc) is 3.65. The van der Waals surface area contributed by atoms with E-state index in [1.807, 2.05) is 32.1 Å². The van der Waals surface area contributed by atoms with Gasteiger partial charge < -0.3 is 67.1 Å². The van der Waals surface area contributed by atoms with Gasteiger partial charge in [0.15, 0.2) is 26.7 Å². The van der Waals surface area contributed by atoms with Crippen LogP contribution in [-0.4, -0.2) is 154 Å². The van der Waals surface area contributed by atoms with E-state index >= 15 is 0 Å². The van der Waals surface area contributed by atoms with Crippen molar-refractivity contribution in [3.8, 4) is 0 Å². The molecule has 1 spiro atoms. The normalized spacial score (nSPS) is 41.0. The number of ether oxygens (including phenoxy) is 10. The number of aliphatic hydroxyl groups is 3. The van der Waals surface area contributed by atoms with E-state index in [0.717, 1.165) is 30.4 Å². The van der Waals surface area contributed by atoms with Crippen LogP contribution in [0.4, 0.5) is 0 Å². The second kappa shape index (κ2) is 24.6. The lowest BCUT2D eigenvalue weighted by Crippen LogP contribution is -2.60. The Bertz CT molecular complexity index is 1910. The molecule has 5 heterocycles. The van der Waals surface area contributed by atoms with Gasteiger partial charge in [-0.05, 0) is 94.1 Å². The first-order chi connectivity index (χ1) is 33.8. The summed E-state index contributed by atoms with van der Waals surface area (Å²) in [4.78, 5) is 13.6. The minimum absolute atomic E-state index is 0.0641. The van der Waals surface area contributed by atoms with Crippen LogP contribution in [0.3, 0.4) is 0 Å². The average molecular weight is 1040 g/mol. The highest BCUT2D eigenvalue weighted by molar-refractivity contribution is 6.74. The number of rotatable bonds is 18. The predicted molar refractivity (Wildman–Crippen MR) is 276 cm³/mol. The third-order valence-corrected chi connectivity index (χ3v) is 21.6. The molecule has 5 fully saturated rings. The van der Waals surface area contributed by atoms with Crippen molar-refractivity contribution < 1.29 is 71.9 Å². The van der Waals surface area contributed by atoms with Crippen LogP contribution in [0.25, 0.3) is 0 Å². The first-order valence-electron chi connectivity index (χ1n) is 27.1. The minimum Gasteiger partial charge on any atom is -0.465 e. The van der Waals surface area contributed by atoms with E-state index in [-0.39, 0.29) is 36.4 Å². The van der Waals surface area contributed by atoms with E-state index in [2.05, 4.69) is 74.6 Å². The fourth-order valence-corrected chi connectivity index (χ4v) is 12.8. The van der Waals surface area contributed by atoms with Crippen molar-refractivity contribution in [2.45, 2.75) is 250 Å². The lowest BCUT2D eigenvalue weighted by atomic mass is 9.71. The predicted octanol–water partition coefficient (Wildman–Crippen LogP) is 8.63. The first kappa shape index (κ1) is 59.4.